The number of likely N-dealkylation sites (tertiary alicyclic amines) is 1. The van der Waals surface area contributed by atoms with E-state index in [2.05, 4.69) is 174 Å². The molecule has 0 spiro atoms. The topological polar surface area (TPSA) is 54.1 Å². The molecule has 10 rings (SSSR count). The summed E-state index contributed by atoms with van der Waals surface area (Å²) in [6, 6.07) is 31.3. The minimum absolute atomic E-state index is 0.0560. The zero-order chi connectivity index (χ0) is 36.2. The Bertz CT molecular complexity index is 2430. The predicted octanol–water partition coefficient (Wildman–Crippen LogP) is 10.7. The molecule has 4 heteroatoms. The van der Waals surface area contributed by atoms with Gasteiger partial charge in [-0.2, -0.15) is 10.5 Å². The SMILES string of the molecule is N#CC1=CC=CCC1N1C2C=CC=CC2C2C=CC(c3ccccc3C3C=CC=CC3C3=C4C(CC=C3)c3cc(C#N)ccc3N4c3ccccc3)=CC21. The highest BCUT2D eigenvalue weighted by atomic mass is 15.3. The summed E-state index contributed by atoms with van der Waals surface area (Å²) in [6.45, 7) is 0. The van der Waals surface area contributed by atoms with Crippen molar-refractivity contribution in [2.24, 2.45) is 17.8 Å². The summed E-state index contributed by atoms with van der Waals surface area (Å²) in [5.41, 5.74) is 11.5. The third kappa shape index (κ3) is 5.13. The Morgan fingerprint density at radius 1 is 0.648 bits per heavy atom. The van der Waals surface area contributed by atoms with Crippen LogP contribution >= 0.6 is 0 Å². The van der Waals surface area contributed by atoms with Crippen LogP contribution in [-0.4, -0.2) is 23.0 Å². The van der Waals surface area contributed by atoms with Crippen LogP contribution in [0.1, 0.15) is 46.9 Å². The summed E-state index contributed by atoms with van der Waals surface area (Å²) < 4.78 is 0. The van der Waals surface area contributed by atoms with Crippen LogP contribution in [0.3, 0.4) is 0 Å². The van der Waals surface area contributed by atoms with Crippen LogP contribution in [0.15, 0.2) is 187 Å². The minimum Gasteiger partial charge on any atom is -0.313 e. The van der Waals surface area contributed by atoms with Crippen LogP contribution in [0.2, 0.25) is 0 Å². The van der Waals surface area contributed by atoms with Gasteiger partial charge in [0.1, 0.15) is 0 Å². The highest BCUT2D eigenvalue weighted by Crippen LogP contribution is 2.55. The molecule has 3 aromatic carbocycles. The average Bonchev–Trinajstić information content (AvgIpc) is 3.76. The normalized spacial score (nSPS) is 29.9. The molecule has 2 heterocycles. The van der Waals surface area contributed by atoms with E-state index in [1.165, 1.54) is 33.5 Å². The van der Waals surface area contributed by atoms with Crippen molar-refractivity contribution in [1.82, 2.24) is 4.90 Å². The molecule has 2 aliphatic heterocycles. The van der Waals surface area contributed by atoms with Gasteiger partial charge >= 0.3 is 0 Å². The third-order valence-electron chi connectivity index (χ3n) is 12.6. The third-order valence-corrected chi connectivity index (χ3v) is 12.6. The molecule has 0 radical (unpaired) electrons. The molecule has 0 bridgehead atoms. The summed E-state index contributed by atoms with van der Waals surface area (Å²) in [4.78, 5) is 5.07. The van der Waals surface area contributed by atoms with E-state index in [0.717, 1.165) is 29.8 Å². The Hall–Kier alpha value is -6.20. The molecule has 7 aliphatic rings. The van der Waals surface area contributed by atoms with E-state index in [9.17, 15) is 10.5 Å². The molecule has 260 valence electrons. The number of rotatable bonds is 5. The van der Waals surface area contributed by atoms with Crippen LogP contribution in [0.25, 0.3) is 5.57 Å². The van der Waals surface area contributed by atoms with Gasteiger partial charge in [-0.15, -0.1) is 0 Å². The maximum absolute atomic E-state index is 10.2. The second-order valence-electron chi connectivity index (χ2n) is 15.2. The van der Waals surface area contributed by atoms with Gasteiger partial charge in [-0.25, -0.2) is 0 Å². The van der Waals surface area contributed by atoms with E-state index >= 15 is 0 Å². The molecule has 0 amide bonds. The van der Waals surface area contributed by atoms with Gasteiger partial charge in [-0.3, -0.25) is 4.90 Å². The standard InChI is InChI=1S/C50H40N4/c51-31-33-25-28-48-45(29-33)44-22-12-21-43(50(44)53(48)36-14-2-1-3-15-36)40-19-8-7-18-39(40)38-17-6-5-16-37(38)34-26-27-42-41-20-9-11-24-47(41)54(49(42)30-34)46-23-10-4-13-35(46)32-52/h1-21,24-30,39-42,44,46-47,49H,22-23H2. The van der Waals surface area contributed by atoms with Crippen LogP contribution in [0.5, 0.6) is 0 Å². The highest BCUT2D eigenvalue weighted by Gasteiger charge is 2.49. The van der Waals surface area contributed by atoms with Gasteiger partial charge < -0.3 is 4.90 Å². The van der Waals surface area contributed by atoms with Crippen LogP contribution < -0.4 is 4.90 Å². The minimum atomic E-state index is 0.0560. The second kappa shape index (κ2) is 13.3. The van der Waals surface area contributed by atoms with Gasteiger partial charge in [0, 0.05) is 70.4 Å². The molecular formula is C50H40N4. The number of hydrogen-bond acceptors (Lipinski definition) is 4. The molecule has 0 saturated carbocycles. The maximum atomic E-state index is 10.2. The van der Waals surface area contributed by atoms with Gasteiger partial charge in [-0.1, -0.05) is 134 Å². The molecule has 0 aromatic heterocycles. The molecule has 5 aliphatic carbocycles. The summed E-state index contributed by atoms with van der Waals surface area (Å²) in [6.07, 6.45) is 38.3. The molecule has 0 N–H and O–H groups in total. The van der Waals surface area contributed by atoms with Crippen molar-refractivity contribution in [3.8, 4) is 12.1 Å². The Kier molecular flexibility index (Phi) is 8.01. The van der Waals surface area contributed by atoms with E-state index in [1.54, 1.807) is 0 Å². The first-order chi connectivity index (χ1) is 26.7. The van der Waals surface area contributed by atoms with Crippen molar-refractivity contribution in [1.29, 1.82) is 10.5 Å². The zero-order valence-electron chi connectivity index (χ0n) is 30.0. The molecule has 8 unspecified atom stereocenters. The largest absolute Gasteiger partial charge is 0.313 e. The van der Waals surface area contributed by atoms with Crippen molar-refractivity contribution in [2.45, 2.75) is 42.8 Å². The average molecular weight is 697 g/mol. The fourth-order valence-electron chi connectivity index (χ4n) is 10.3. The van der Waals surface area contributed by atoms with Gasteiger partial charge in [-0.05, 0) is 77.1 Å². The van der Waals surface area contributed by atoms with E-state index < -0.39 is 0 Å². The number of nitrogens with zero attached hydrogens (tertiary/aromatic N) is 4. The molecule has 1 fully saturated rings. The Balaban J connectivity index is 1.07. The van der Waals surface area contributed by atoms with E-state index in [4.69, 9.17) is 0 Å². The van der Waals surface area contributed by atoms with E-state index in [0.29, 0.717) is 17.4 Å². The Morgan fingerprint density at radius 2 is 1.44 bits per heavy atom. The number of anilines is 2. The molecule has 54 heavy (non-hydrogen) atoms. The molecule has 1 saturated heterocycles. The quantitative estimate of drug-likeness (QED) is 0.266. The lowest BCUT2D eigenvalue weighted by molar-refractivity contribution is 0.188. The van der Waals surface area contributed by atoms with E-state index in [-0.39, 0.29) is 35.9 Å². The van der Waals surface area contributed by atoms with Gasteiger partial charge in [0.2, 0.25) is 0 Å². The van der Waals surface area contributed by atoms with Crippen LogP contribution in [-0.2, 0) is 0 Å². The smallest absolute Gasteiger partial charge is 0.0991 e. The fourth-order valence-corrected chi connectivity index (χ4v) is 10.3. The lowest BCUT2D eigenvalue weighted by Gasteiger charge is -2.38. The number of allylic oxidation sites excluding steroid dienone is 14. The Morgan fingerprint density at radius 3 is 2.31 bits per heavy atom. The lowest BCUT2D eigenvalue weighted by Crippen LogP contribution is -2.45. The van der Waals surface area contributed by atoms with Gasteiger partial charge in [0.15, 0.2) is 0 Å². The van der Waals surface area contributed by atoms with Crippen molar-refractivity contribution < 1.29 is 0 Å². The predicted molar refractivity (Wildman–Crippen MR) is 217 cm³/mol. The Labute approximate surface area is 318 Å². The summed E-state index contributed by atoms with van der Waals surface area (Å²) >= 11 is 0. The van der Waals surface area contributed by atoms with Crippen LogP contribution in [0, 0.1) is 40.4 Å². The van der Waals surface area contributed by atoms with Crippen molar-refractivity contribution in [3.05, 3.63) is 209 Å². The van der Waals surface area contributed by atoms with Gasteiger partial charge in [0.05, 0.1) is 17.7 Å². The number of para-hydroxylation sites is 1. The molecule has 8 atom stereocenters. The first-order valence-electron chi connectivity index (χ1n) is 19.3. The fraction of sp³-hybridized carbons (Fsp3) is 0.200. The van der Waals surface area contributed by atoms with Gasteiger partial charge in [0.25, 0.3) is 0 Å². The number of benzene rings is 3. The van der Waals surface area contributed by atoms with Crippen molar-refractivity contribution in [3.63, 3.8) is 0 Å². The summed E-state index contributed by atoms with van der Waals surface area (Å²) in [7, 11) is 0. The second-order valence-corrected chi connectivity index (χ2v) is 15.2. The molecule has 4 nitrogen and oxygen atoms in total. The number of hydrogen-bond donors (Lipinski definition) is 0. The lowest BCUT2D eigenvalue weighted by atomic mass is 9.72. The number of nitriles is 2. The van der Waals surface area contributed by atoms with Crippen molar-refractivity contribution in [2.75, 3.05) is 4.90 Å². The van der Waals surface area contributed by atoms with E-state index in [1.807, 2.05) is 18.2 Å². The highest BCUT2D eigenvalue weighted by molar-refractivity contribution is 5.82. The molecular weight excluding hydrogens is 657 g/mol. The maximum Gasteiger partial charge on any atom is 0.0991 e. The van der Waals surface area contributed by atoms with Crippen molar-refractivity contribution >= 4 is 16.9 Å². The van der Waals surface area contributed by atoms with Crippen LogP contribution in [0.4, 0.5) is 11.4 Å². The zero-order valence-corrected chi connectivity index (χ0v) is 30.0. The summed E-state index contributed by atoms with van der Waals surface area (Å²) in [5.74, 6) is 1.11. The molecule has 3 aromatic rings. The summed E-state index contributed by atoms with van der Waals surface area (Å²) in [5, 5.41) is 20.1. The monoisotopic (exact) mass is 696 g/mol. The first-order valence-corrected chi connectivity index (χ1v) is 19.3. The first kappa shape index (κ1) is 32.5. The number of fused-ring (bicyclic) bond motifs is 6.